The van der Waals surface area contributed by atoms with Gasteiger partial charge in [-0.15, -0.1) is 0 Å². The first-order valence-corrected chi connectivity index (χ1v) is 7.14. The van der Waals surface area contributed by atoms with Crippen molar-refractivity contribution in [3.63, 3.8) is 0 Å². The molecule has 0 amide bonds. The molecule has 0 spiro atoms. The molecule has 5 heteroatoms. The Morgan fingerprint density at radius 3 is 2.19 bits per heavy atom. The Hall–Kier alpha value is -1.72. The Balaban J connectivity index is 2.77. The monoisotopic (exact) mass is 294 g/mol. The van der Waals surface area contributed by atoms with Crippen LogP contribution in [0.3, 0.4) is 0 Å². The van der Waals surface area contributed by atoms with Gasteiger partial charge in [0.15, 0.2) is 11.6 Å². The number of Topliss-reactive ketones (excluding diaryl/α,β-unsaturated/α-hetero) is 2. The van der Waals surface area contributed by atoms with Crippen molar-refractivity contribution in [1.82, 2.24) is 0 Å². The van der Waals surface area contributed by atoms with Crippen molar-refractivity contribution in [2.24, 2.45) is 0 Å². The summed E-state index contributed by atoms with van der Waals surface area (Å²) >= 11 is 0. The molecule has 0 N–H and O–H groups in total. The smallest absolute Gasteiger partial charge is 0.218 e. The van der Waals surface area contributed by atoms with Gasteiger partial charge in [-0.1, -0.05) is 12.1 Å². The van der Waals surface area contributed by atoms with Gasteiger partial charge in [0.25, 0.3) is 0 Å². The van der Waals surface area contributed by atoms with E-state index in [0.29, 0.717) is 31.1 Å². The predicted molar refractivity (Wildman–Crippen MR) is 78.6 cm³/mol. The number of para-hydroxylation sites is 1. The molecule has 0 fully saturated rings. The minimum absolute atomic E-state index is 0.269. The zero-order valence-electron chi connectivity index (χ0n) is 12.8. The summed E-state index contributed by atoms with van der Waals surface area (Å²) in [5, 5.41) is 0. The predicted octanol–water partition coefficient (Wildman–Crippen LogP) is 2.63. The molecule has 0 aromatic heterocycles. The molecule has 0 bridgehead atoms. The van der Waals surface area contributed by atoms with Gasteiger partial charge in [-0.25, -0.2) is 0 Å². The number of carbonyl (C=O) groups excluding carboxylic acids is 2. The summed E-state index contributed by atoms with van der Waals surface area (Å²) in [6.07, 6.45) is -1.25. The summed E-state index contributed by atoms with van der Waals surface area (Å²) in [7, 11) is 0. The van der Waals surface area contributed by atoms with E-state index in [1.165, 1.54) is 0 Å². The maximum atomic E-state index is 12.3. The number of hydrogen-bond donors (Lipinski definition) is 0. The standard InChI is InChI=1S/C16H22O5/c1-4-19-15-10-8-7-9-12(15)13(17)11-14(18)16(20-5-2)21-6-3/h7-10,16H,4-6,11H2,1-3H3. The molecule has 0 atom stereocenters. The first kappa shape index (κ1) is 17.3. The van der Waals surface area contributed by atoms with E-state index in [-0.39, 0.29) is 18.0 Å². The van der Waals surface area contributed by atoms with Gasteiger partial charge in [0.05, 0.1) is 18.6 Å². The molecule has 1 aromatic carbocycles. The number of ether oxygens (including phenoxy) is 3. The zero-order valence-corrected chi connectivity index (χ0v) is 12.8. The van der Waals surface area contributed by atoms with Gasteiger partial charge < -0.3 is 14.2 Å². The normalized spacial score (nSPS) is 10.7. The van der Waals surface area contributed by atoms with Crippen LogP contribution < -0.4 is 4.74 Å². The van der Waals surface area contributed by atoms with E-state index in [0.717, 1.165) is 0 Å². The van der Waals surface area contributed by atoms with Crippen molar-refractivity contribution >= 4 is 11.6 Å². The molecule has 116 valence electrons. The molecule has 21 heavy (non-hydrogen) atoms. The van der Waals surface area contributed by atoms with Gasteiger partial charge in [0.2, 0.25) is 6.29 Å². The summed E-state index contributed by atoms with van der Waals surface area (Å²) in [4.78, 5) is 24.3. The maximum absolute atomic E-state index is 12.3. The SMILES string of the molecule is CCOc1ccccc1C(=O)CC(=O)C(OCC)OCC. The molecule has 0 aliphatic rings. The second kappa shape index (κ2) is 9.26. The third-order valence-electron chi connectivity index (χ3n) is 2.72. The average molecular weight is 294 g/mol. The second-order valence-electron chi connectivity index (χ2n) is 4.24. The zero-order chi connectivity index (χ0) is 15.7. The minimum Gasteiger partial charge on any atom is -0.493 e. The quantitative estimate of drug-likeness (QED) is 0.377. The van der Waals surface area contributed by atoms with Crippen LogP contribution in [0.4, 0.5) is 0 Å². The van der Waals surface area contributed by atoms with Crippen LogP contribution >= 0.6 is 0 Å². The lowest BCUT2D eigenvalue weighted by Crippen LogP contribution is -2.29. The number of rotatable bonds is 10. The molecular formula is C16H22O5. The molecule has 1 rings (SSSR count). The van der Waals surface area contributed by atoms with E-state index in [4.69, 9.17) is 14.2 Å². The lowest BCUT2D eigenvalue weighted by atomic mass is 10.0. The van der Waals surface area contributed by atoms with E-state index in [2.05, 4.69) is 0 Å². The minimum atomic E-state index is -0.983. The maximum Gasteiger partial charge on any atom is 0.218 e. The number of ketones is 2. The van der Waals surface area contributed by atoms with Gasteiger partial charge in [-0.05, 0) is 32.9 Å². The van der Waals surface area contributed by atoms with Crippen LogP contribution in [0.5, 0.6) is 5.75 Å². The molecule has 0 heterocycles. The van der Waals surface area contributed by atoms with E-state index < -0.39 is 6.29 Å². The van der Waals surface area contributed by atoms with E-state index in [9.17, 15) is 9.59 Å². The van der Waals surface area contributed by atoms with Gasteiger partial charge in [-0.3, -0.25) is 9.59 Å². The third-order valence-corrected chi connectivity index (χ3v) is 2.72. The summed E-state index contributed by atoms with van der Waals surface area (Å²) < 4.78 is 15.8. The Bertz CT molecular complexity index is 463. The lowest BCUT2D eigenvalue weighted by molar-refractivity contribution is -0.166. The van der Waals surface area contributed by atoms with Gasteiger partial charge in [0.1, 0.15) is 5.75 Å². The molecule has 0 saturated heterocycles. The van der Waals surface area contributed by atoms with Crippen molar-refractivity contribution < 1.29 is 23.8 Å². The number of benzene rings is 1. The first-order chi connectivity index (χ1) is 10.1. The van der Waals surface area contributed by atoms with E-state index in [1.54, 1.807) is 38.1 Å². The molecular weight excluding hydrogens is 272 g/mol. The molecule has 5 nitrogen and oxygen atoms in total. The highest BCUT2D eigenvalue weighted by molar-refractivity contribution is 6.10. The lowest BCUT2D eigenvalue weighted by Gasteiger charge is -2.15. The van der Waals surface area contributed by atoms with Crippen LogP contribution in [0.15, 0.2) is 24.3 Å². The fourth-order valence-electron chi connectivity index (χ4n) is 1.85. The van der Waals surface area contributed by atoms with Gasteiger partial charge in [-0.2, -0.15) is 0 Å². The Morgan fingerprint density at radius 2 is 1.62 bits per heavy atom. The van der Waals surface area contributed by atoms with Crippen molar-refractivity contribution in [3.05, 3.63) is 29.8 Å². The fraction of sp³-hybridized carbons (Fsp3) is 0.500. The van der Waals surface area contributed by atoms with Crippen LogP contribution in [0, 0.1) is 0 Å². The molecule has 1 aromatic rings. The van der Waals surface area contributed by atoms with E-state index >= 15 is 0 Å². The number of carbonyl (C=O) groups is 2. The third kappa shape index (κ3) is 5.28. The average Bonchev–Trinajstić information content (AvgIpc) is 2.47. The first-order valence-electron chi connectivity index (χ1n) is 7.14. The molecule has 0 unspecified atom stereocenters. The highest BCUT2D eigenvalue weighted by Gasteiger charge is 2.23. The summed E-state index contributed by atoms with van der Waals surface area (Å²) in [5.41, 5.74) is 0.402. The number of hydrogen-bond acceptors (Lipinski definition) is 5. The Kier molecular flexibility index (Phi) is 7.64. The van der Waals surface area contributed by atoms with Crippen molar-refractivity contribution in [2.45, 2.75) is 33.5 Å². The topological polar surface area (TPSA) is 61.8 Å². The van der Waals surface area contributed by atoms with Crippen LogP contribution in [-0.4, -0.2) is 37.7 Å². The van der Waals surface area contributed by atoms with Crippen LogP contribution in [-0.2, 0) is 14.3 Å². The molecule has 0 aliphatic heterocycles. The van der Waals surface area contributed by atoms with Crippen LogP contribution in [0.2, 0.25) is 0 Å². The largest absolute Gasteiger partial charge is 0.493 e. The van der Waals surface area contributed by atoms with Crippen molar-refractivity contribution in [3.8, 4) is 5.75 Å². The molecule has 0 radical (unpaired) electrons. The summed E-state index contributed by atoms with van der Waals surface area (Å²) in [5.74, 6) is -0.189. The van der Waals surface area contributed by atoms with Gasteiger partial charge >= 0.3 is 0 Å². The fourth-order valence-corrected chi connectivity index (χ4v) is 1.85. The second-order valence-corrected chi connectivity index (χ2v) is 4.24. The summed E-state index contributed by atoms with van der Waals surface area (Å²) in [6.45, 7) is 6.53. The Morgan fingerprint density at radius 1 is 1.00 bits per heavy atom. The van der Waals surface area contributed by atoms with Crippen molar-refractivity contribution in [1.29, 1.82) is 0 Å². The van der Waals surface area contributed by atoms with Crippen molar-refractivity contribution in [2.75, 3.05) is 19.8 Å². The highest BCUT2D eigenvalue weighted by Crippen LogP contribution is 2.20. The molecule has 0 aliphatic carbocycles. The highest BCUT2D eigenvalue weighted by atomic mass is 16.7. The Labute approximate surface area is 125 Å². The van der Waals surface area contributed by atoms with Crippen LogP contribution in [0.1, 0.15) is 37.6 Å². The summed E-state index contributed by atoms with van der Waals surface area (Å²) in [6, 6.07) is 6.89. The van der Waals surface area contributed by atoms with E-state index in [1.807, 2.05) is 6.92 Å². The van der Waals surface area contributed by atoms with Crippen LogP contribution in [0.25, 0.3) is 0 Å². The van der Waals surface area contributed by atoms with Gasteiger partial charge in [0, 0.05) is 13.2 Å². The molecule has 0 saturated carbocycles.